The lowest BCUT2D eigenvalue weighted by Crippen LogP contribution is -2.36. The standard InChI is InChI=1S/C22H18ClN3O5/c23-16-10-17-15(20(22(29)24-17)21(28)18-11-19(27)25-31-18)9-14(16)12-1-3-13(4-2-12)26-5-7-30-8-6-26/h1-4,9-11,24,29H,5-8H2,(H,25,27). The summed E-state index contributed by atoms with van der Waals surface area (Å²) in [6, 6.07) is 12.4. The second-order valence-corrected chi connectivity index (χ2v) is 7.69. The molecule has 158 valence electrons. The number of carbonyl (C=O) groups is 1. The number of ether oxygens (including phenoxy) is 1. The number of hydrogen-bond acceptors (Lipinski definition) is 6. The lowest BCUT2D eigenvalue weighted by molar-refractivity contribution is 0.0999. The Kier molecular flexibility index (Phi) is 4.80. The van der Waals surface area contributed by atoms with Crippen molar-refractivity contribution in [1.82, 2.24) is 10.1 Å². The SMILES string of the molecule is O=C(c1cc(=O)[nH]o1)c1c(O)[nH]c2cc(Cl)c(-c3ccc(N4CCOCC4)cc3)cc12. The van der Waals surface area contributed by atoms with Crippen LogP contribution in [-0.4, -0.2) is 47.3 Å². The predicted molar refractivity (Wildman–Crippen MR) is 116 cm³/mol. The van der Waals surface area contributed by atoms with Crippen molar-refractivity contribution in [1.29, 1.82) is 0 Å². The number of hydrogen-bond donors (Lipinski definition) is 3. The van der Waals surface area contributed by atoms with Crippen molar-refractivity contribution in [3.05, 3.63) is 69.2 Å². The molecule has 5 rings (SSSR count). The van der Waals surface area contributed by atoms with E-state index in [4.69, 9.17) is 20.9 Å². The van der Waals surface area contributed by atoms with Gasteiger partial charge >= 0.3 is 0 Å². The van der Waals surface area contributed by atoms with Crippen LogP contribution in [0.25, 0.3) is 22.0 Å². The highest BCUT2D eigenvalue weighted by Crippen LogP contribution is 2.37. The molecule has 1 saturated heterocycles. The fraction of sp³-hybridized carbons (Fsp3) is 0.182. The van der Waals surface area contributed by atoms with E-state index in [2.05, 4.69) is 15.0 Å². The second-order valence-electron chi connectivity index (χ2n) is 7.28. The number of halogens is 1. The number of aromatic amines is 2. The van der Waals surface area contributed by atoms with Gasteiger partial charge in [-0.25, -0.2) is 0 Å². The highest BCUT2D eigenvalue weighted by atomic mass is 35.5. The summed E-state index contributed by atoms with van der Waals surface area (Å²) >= 11 is 6.51. The first-order valence-electron chi connectivity index (χ1n) is 9.72. The maximum atomic E-state index is 12.8. The Balaban J connectivity index is 1.56. The molecule has 0 bridgehead atoms. The zero-order chi connectivity index (χ0) is 21.5. The van der Waals surface area contributed by atoms with E-state index >= 15 is 0 Å². The number of aromatic nitrogens is 2. The van der Waals surface area contributed by atoms with Crippen LogP contribution in [0.1, 0.15) is 16.1 Å². The molecular weight excluding hydrogens is 422 g/mol. The van der Waals surface area contributed by atoms with Crippen LogP contribution in [0.15, 0.2) is 51.8 Å². The molecule has 0 amide bonds. The largest absolute Gasteiger partial charge is 0.494 e. The molecule has 0 atom stereocenters. The number of benzene rings is 2. The highest BCUT2D eigenvalue weighted by Gasteiger charge is 2.24. The molecule has 0 radical (unpaired) electrons. The maximum absolute atomic E-state index is 12.8. The monoisotopic (exact) mass is 439 g/mol. The van der Waals surface area contributed by atoms with Crippen LogP contribution < -0.4 is 10.5 Å². The summed E-state index contributed by atoms with van der Waals surface area (Å²) in [5.74, 6) is -1.12. The second kappa shape index (κ2) is 7.64. The Morgan fingerprint density at radius 1 is 1.10 bits per heavy atom. The number of H-pyrrole nitrogens is 2. The fourth-order valence-electron chi connectivity index (χ4n) is 3.84. The third-order valence-electron chi connectivity index (χ3n) is 5.40. The number of anilines is 1. The van der Waals surface area contributed by atoms with Crippen molar-refractivity contribution in [3.8, 4) is 17.0 Å². The van der Waals surface area contributed by atoms with Gasteiger partial charge in [0.25, 0.3) is 5.56 Å². The van der Waals surface area contributed by atoms with Gasteiger partial charge in [0, 0.05) is 29.7 Å². The molecular formula is C22H18ClN3O5. The Bertz CT molecular complexity index is 1330. The van der Waals surface area contributed by atoms with E-state index in [1.165, 1.54) is 0 Å². The van der Waals surface area contributed by atoms with Crippen LogP contribution in [0, 0.1) is 0 Å². The summed E-state index contributed by atoms with van der Waals surface area (Å²) < 4.78 is 10.3. The van der Waals surface area contributed by atoms with Gasteiger partial charge in [-0.15, -0.1) is 0 Å². The minimum absolute atomic E-state index is 0.0144. The van der Waals surface area contributed by atoms with E-state index < -0.39 is 11.3 Å². The van der Waals surface area contributed by atoms with Crippen molar-refractivity contribution in [2.75, 3.05) is 31.2 Å². The summed E-state index contributed by atoms with van der Waals surface area (Å²) in [4.78, 5) is 29.2. The lowest BCUT2D eigenvalue weighted by Gasteiger charge is -2.29. The van der Waals surface area contributed by atoms with Crippen LogP contribution in [0.3, 0.4) is 0 Å². The number of rotatable bonds is 4. The first kappa shape index (κ1) is 19.5. The minimum atomic E-state index is -0.613. The number of fused-ring (bicyclic) bond motifs is 1. The van der Waals surface area contributed by atoms with Gasteiger partial charge in [-0.2, -0.15) is 5.16 Å². The third-order valence-corrected chi connectivity index (χ3v) is 5.71. The van der Waals surface area contributed by atoms with Gasteiger partial charge in [-0.05, 0) is 29.8 Å². The van der Waals surface area contributed by atoms with Gasteiger partial charge in [0.05, 0.1) is 35.4 Å². The van der Waals surface area contributed by atoms with Crippen LogP contribution in [0.2, 0.25) is 5.02 Å². The maximum Gasteiger partial charge on any atom is 0.280 e. The molecule has 1 aliphatic heterocycles. The minimum Gasteiger partial charge on any atom is -0.494 e. The average Bonchev–Trinajstić information content (AvgIpc) is 3.35. The van der Waals surface area contributed by atoms with E-state index in [1.807, 2.05) is 24.3 Å². The Morgan fingerprint density at radius 3 is 2.52 bits per heavy atom. The quantitative estimate of drug-likeness (QED) is 0.419. The van der Waals surface area contributed by atoms with Gasteiger partial charge in [0.1, 0.15) is 0 Å². The van der Waals surface area contributed by atoms with E-state index in [-0.39, 0.29) is 17.2 Å². The first-order valence-corrected chi connectivity index (χ1v) is 10.1. The molecule has 31 heavy (non-hydrogen) atoms. The molecule has 0 unspecified atom stereocenters. The molecule has 4 aromatic rings. The van der Waals surface area contributed by atoms with Gasteiger partial charge in [-0.3, -0.25) is 9.59 Å². The first-order chi connectivity index (χ1) is 15.0. The van der Waals surface area contributed by atoms with Gasteiger partial charge < -0.3 is 24.3 Å². The topological polar surface area (TPSA) is 112 Å². The molecule has 0 aliphatic carbocycles. The van der Waals surface area contributed by atoms with Gasteiger partial charge in [-0.1, -0.05) is 23.7 Å². The summed E-state index contributed by atoms with van der Waals surface area (Å²) in [6.45, 7) is 3.10. The van der Waals surface area contributed by atoms with E-state index in [9.17, 15) is 14.7 Å². The molecule has 8 nitrogen and oxygen atoms in total. The predicted octanol–water partition coefficient (Wildman–Crippen LogP) is 3.54. The van der Waals surface area contributed by atoms with Crippen molar-refractivity contribution in [3.63, 3.8) is 0 Å². The lowest BCUT2D eigenvalue weighted by atomic mass is 10.00. The molecule has 0 saturated carbocycles. The zero-order valence-electron chi connectivity index (χ0n) is 16.3. The Morgan fingerprint density at radius 2 is 1.84 bits per heavy atom. The third kappa shape index (κ3) is 3.49. The van der Waals surface area contributed by atoms with Crippen molar-refractivity contribution >= 4 is 34.0 Å². The molecule has 3 heterocycles. The summed E-state index contributed by atoms with van der Waals surface area (Å²) in [5, 5.41) is 13.4. The number of nitrogens with zero attached hydrogens (tertiary/aromatic N) is 1. The van der Waals surface area contributed by atoms with Crippen LogP contribution in [-0.2, 0) is 4.74 Å². The van der Waals surface area contributed by atoms with Crippen molar-refractivity contribution in [2.24, 2.45) is 0 Å². The van der Waals surface area contributed by atoms with E-state index in [0.717, 1.165) is 30.4 Å². The molecule has 3 N–H and O–H groups in total. The smallest absolute Gasteiger partial charge is 0.280 e. The Labute approximate surface area is 181 Å². The number of morpholine rings is 1. The average molecular weight is 440 g/mol. The number of nitrogens with one attached hydrogen (secondary N) is 2. The van der Waals surface area contributed by atoms with Crippen LogP contribution >= 0.6 is 11.6 Å². The van der Waals surface area contributed by atoms with E-state index in [1.54, 1.807) is 12.1 Å². The van der Waals surface area contributed by atoms with Gasteiger partial charge in [0.2, 0.25) is 17.4 Å². The molecule has 9 heteroatoms. The molecule has 0 spiro atoms. The summed E-state index contributed by atoms with van der Waals surface area (Å²) in [5.41, 5.74) is 2.66. The summed E-state index contributed by atoms with van der Waals surface area (Å²) in [6.07, 6.45) is 0. The van der Waals surface area contributed by atoms with Crippen molar-refractivity contribution < 1.29 is 19.2 Å². The van der Waals surface area contributed by atoms with E-state index in [0.29, 0.717) is 34.7 Å². The number of carbonyl (C=O) groups excluding carboxylic acids is 1. The number of aromatic hydroxyl groups is 1. The fourth-order valence-corrected chi connectivity index (χ4v) is 4.12. The molecule has 2 aromatic carbocycles. The molecule has 1 fully saturated rings. The molecule has 2 aromatic heterocycles. The van der Waals surface area contributed by atoms with Crippen LogP contribution in [0.5, 0.6) is 5.88 Å². The molecule has 1 aliphatic rings. The normalized spacial score (nSPS) is 14.3. The zero-order valence-corrected chi connectivity index (χ0v) is 17.0. The number of ketones is 1. The van der Waals surface area contributed by atoms with Crippen molar-refractivity contribution in [2.45, 2.75) is 0 Å². The summed E-state index contributed by atoms with van der Waals surface area (Å²) in [7, 11) is 0. The van der Waals surface area contributed by atoms with Gasteiger partial charge in [0.15, 0.2) is 0 Å². The highest BCUT2D eigenvalue weighted by molar-refractivity contribution is 6.34. The Hall–Kier alpha value is -3.49. The van der Waals surface area contributed by atoms with Crippen LogP contribution in [0.4, 0.5) is 5.69 Å².